The van der Waals surface area contributed by atoms with Gasteiger partial charge in [-0.2, -0.15) is 0 Å². The van der Waals surface area contributed by atoms with Crippen LogP contribution in [0.3, 0.4) is 0 Å². The molecular weight excluding hydrogens is 210 g/mol. The fourth-order valence-corrected chi connectivity index (χ4v) is 2.47. The third-order valence-corrected chi connectivity index (χ3v) is 3.34. The van der Waals surface area contributed by atoms with Crippen LogP contribution >= 0.6 is 0 Å². The van der Waals surface area contributed by atoms with Gasteiger partial charge in [-0.15, -0.1) is 0 Å². The summed E-state index contributed by atoms with van der Waals surface area (Å²) in [6.45, 7) is 5.82. The van der Waals surface area contributed by atoms with E-state index in [0.717, 1.165) is 17.9 Å². The van der Waals surface area contributed by atoms with E-state index >= 15 is 0 Å². The van der Waals surface area contributed by atoms with Crippen LogP contribution in [0.15, 0.2) is 24.3 Å². The molecule has 0 amide bonds. The van der Waals surface area contributed by atoms with Crippen LogP contribution < -0.4 is 11.1 Å². The molecule has 1 aromatic carbocycles. The molecule has 94 valence electrons. The van der Waals surface area contributed by atoms with E-state index in [4.69, 9.17) is 5.73 Å². The topological polar surface area (TPSA) is 41.3 Å². The monoisotopic (exact) mass is 233 g/mol. The second-order valence-electron chi connectivity index (χ2n) is 4.99. The zero-order valence-corrected chi connectivity index (χ0v) is 10.7. The number of benzene rings is 1. The number of nitrogen functional groups attached to an aromatic ring is 1. The first kappa shape index (κ1) is 12.2. The lowest BCUT2D eigenvalue weighted by Crippen LogP contribution is -2.38. The number of hydrogen-bond acceptors (Lipinski definition) is 3. The first-order valence-corrected chi connectivity index (χ1v) is 6.59. The molecule has 0 saturated carbocycles. The molecule has 1 aliphatic rings. The molecule has 1 atom stereocenters. The minimum atomic E-state index is 0.442. The third kappa shape index (κ3) is 3.63. The Balaban J connectivity index is 1.84. The number of hydrogen-bond donors (Lipinski definition) is 2. The predicted molar refractivity (Wildman–Crippen MR) is 74.2 cm³/mol. The summed E-state index contributed by atoms with van der Waals surface area (Å²) in [6.07, 6.45) is 4.09. The number of nitrogens with two attached hydrogens (primary N) is 1. The number of rotatable bonds is 4. The molecule has 0 radical (unpaired) electrons. The maximum atomic E-state index is 5.93. The van der Waals surface area contributed by atoms with Gasteiger partial charge < -0.3 is 16.0 Å². The van der Waals surface area contributed by atoms with E-state index in [2.05, 4.69) is 17.1 Å². The summed E-state index contributed by atoms with van der Waals surface area (Å²) >= 11 is 0. The van der Waals surface area contributed by atoms with Crippen molar-refractivity contribution in [2.75, 3.05) is 30.7 Å². The molecule has 1 unspecified atom stereocenters. The van der Waals surface area contributed by atoms with E-state index in [1.807, 2.05) is 24.3 Å². The molecule has 0 aliphatic carbocycles. The van der Waals surface area contributed by atoms with Crippen molar-refractivity contribution in [3.05, 3.63) is 24.3 Å². The van der Waals surface area contributed by atoms with Gasteiger partial charge in [0.2, 0.25) is 0 Å². The summed E-state index contributed by atoms with van der Waals surface area (Å²) in [5.74, 6) is 0. The van der Waals surface area contributed by atoms with E-state index in [-0.39, 0.29) is 0 Å². The summed E-state index contributed by atoms with van der Waals surface area (Å²) in [4.78, 5) is 2.54. The Morgan fingerprint density at radius 3 is 2.65 bits per heavy atom. The van der Waals surface area contributed by atoms with Crippen molar-refractivity contribution in [2.45, 2.75) is 32.2 Å². The molecule has 1 aromatic rings. The Kier molecular flexibility index (Phi) is 4.26. The number of para-hydroxylation sites is 2. The molecule has 0 spiro atoms. The fourth-order valence-electron chi connectivity index (χ4n) is 2.47. The van der Waals surface area contributed by atoms with E-state index in [9.17, 15) is 0 Å². The number of nitrogens with zero attached hydrogens (tertiary/aromatic N) is 1. The largest absolute Gasteiger partial charge is 0.397 e. The van der Waals surface area contributed by atoms with Gasteiger partial charge in [0, 0.05) is 12.6 Å². The summed E-state index contributed by atoms with van der Waals surface area (Å²) < 4.78 is 0. The van der Waals surface area contributed by atoms with Gasteiger partial charge in [-0.3, -0.25) is 0 Å². The van der Waals surface area contributed by atoms with Crippen LogP contribution in [0.25, 0.3) is 0 Å². The van der Waals surface area contributed by atoms with Crippen molar-refractivity contribution in [3.63, 3.8) is 0 Å². The van der Waals surface area contributed by atoms with Crippen LogP contribution in [0.4, 0.5) is 11.4 Å². The second-order valence-corrected chi connectivity index (χ2v) is 4.99. The molecule has 1 fully saturated rings. The quantitative estimate of drug-likeness (QED) is 0.785. The number of anilines is 2. The Morgan fingerprint density at radius 1 is 1.24 bits per heavy atom. The molecule has 2 rings (SSSR count). The number of nitrogens with one attached hydrogen (secondary N) is 1. The lowest BCUT2D eigenvalue weighted by atomic mass is 10.1. The van der Waals surface area contributed by atoms with Crippen molar-refractivity contribution in [1.29, 1.82) is 0 Å². The van der Waals surface area contributed by atoms with Gasteiger partial charge in [-0.05, 0) is 45.0 Å². The molecule has 3 nitrogen and oxygen atoms in total. The van der Waals surface area contributed by atoms with Crippen molar-refractivity contribution >= 4 is 11.4 Å². The Labute approximate surface area is 104 Å². The Bertz CT molecular complexity index is 345. The zero-order valence-electron chi connectivity index (χ0n) is 10.7. The van der Waals surface area contributed by atoms with E-state index < -0.39 is 0 Å². The highest BCUT2D eigenvalue weighted by atomic mass is 15.1. The van der Waals surface area contributed by atoms with Gasteiger partial charge in [0.15, 0.2) is 0 Å². The molecule has 1 heterocycles. The smallest absolute Gasteiger partial charge is 0.0576 e. The minimum Gasteiger partial charge on any atom is -0.397 e. The summed E-state index contributed by atoms with van der Waals surface area (Å²) in [5.41, 5.74) is 7.81. The van der Waals surface area contributed by atoms with Crippen molar-refractivity contribution in [2.24, 2.45) is 0 Å². The molecule has 0 aromatic heterocycles. The average molecular weight is 233 g/mol. The second kappa shape index (κ2) is 5.92. The van der Waals surface area contributed by atoms with Crippen molar-refractivity contribution < 1.29 is 0 Å². The van der Waals surface area contributed by atoms with Crippen molar-refractivity contribution in [1.82, 2.24) is 4.90 Å². The molecule has 1 saturated heterocycles. The first-order valence-electron chi connectivity index (χ1n) is 6.59. The van der Waals surface area contributed by atoms with E-state index in [1.165, 1.54) is 32.4 Å². The maximum Gasteiger partial charge on any atom is 0.0576 e. The van der Waals surface area contributed by atoms with Crippen LogP contribution in [0.1, 0.15) is 26.2 Å². The van der Waals surface area contributed by atoms with Crippen LogP contribution in [0.2, 0.25) is 0 Å². The van der Waals surface area contributed by atoms with Gasteiger partial charge in [0.25, 0.3) is 0 Å². The fraction of sp³-hybridized carbons (Fsp3) is 0.571. The van der Waals surface area contributed by atoms with Crippen LogP contribution in [-0.4, -0.2) is 30.6 Å². The van der Waals surface area contributed by atoms with Crippen LogP contribution in [0, 0.1) is 0 Å². The van der Waals surface area contributed by atoms with Gasteiger partial charge in [-0.25, -0.2) is 0 Å². The number of piperidine rings is 1. The zero-order chi connectivity index (χ0) is 12.1. The molecule has 0 bridgehead atoms. The highest BCUT2D eigenvalue weighted by Gasteiger charge is 2.13. The van der Waals surface area contributed by atoms with Crippen LogP contribution in [-0.2, 0) is 0 Å². The van der Waals surface area contributed by atoms with E-state index in [1.54, 1.807) is 0 Å². The normalized spacial score (nSPS) is 18.9. The average Bonchev–Trinajstić information content (AvgIpc) is 2.33. The SMILES string of the molecule is CC(CN1CCCCC1)Nc1ccccc1N. The molecule has 1 aliphatic heterocycles. The Hall–Kier alpha value is -1.22. The lowest BCUT2D eigenvalue weighted by Gasteiger charge is -2.29. The first-order chi connectivity index (χ1) is 8.25. The third-order valence-electron chi connectivity index (χ3n) is 3.34. The van der Waals surface area contributed by atoms with Crippen molar-refractivity contribution in [3.8, 4) is 0 Å². The minimum absolute atomic E-state index is 0.442. The van der Waals surface area contributed by atoms with E-state index in [0.29, 0.717) is 6.04 Å². The molecule has 17 heavy (non-hydrogen) atoms. The standard InChI is InChI=1S/C14H23N3/c1-12(11-17-9-5-2-6-10-17)16-14-8-4-3-7-13(14)15/h3-4,7-8,12,16H,2,5-6,9-11,15H2,1H3. The Morgan fingerprint density at radius 2 is 1.94 bits per heavy atom. The number of likely N-dealkylation sites (tertiary alicyclic amines) is 1. The molecule has 3 N–H and O–H groups in total. The highest BCUT2D eigenvalue weighted by molar-refractivity contribution is 5.65. The highest BCUT2D eigenvalue weighted by Crippen LogP contribution is 2.18. The predicted octanol–water partition coefficient (Wildman–Crippen LogP) is 2.56. The summed E-state index contributed by atoms with van der Waals surface area (Å²) in [6, 6.07) is 8.41. The van der Waals surface area contributed by atoms with Gasteiger partial charge in [-0.1, -0.05) is 18.6 Å². The van der Waals surface area contributed by atoms with Gasteiger partial charge in [0.1, 0.15) is 0 Å². The summed E-state index contributed by atoms with van der Waals surface area (Å²) in [5, 5.41) is 3.49. The molecule has 3 heteroatoms. The summed E-state index contributed by atoms with van der Waals surface area (Å²) in [7, 11) is 0. The maximum absolute atomic E-state index is 5.93. The van der Waals surface area contributed by atoms with Crippen LogP contribution in [0.5, 0.6) is 0 Å². The molecular formula is C14H23N3. The van der Waals surface area contributed by atoms with Gasteiger partial charge in [0.05, 0.1) is 11.4 Å². The van der Waals surface area contributed by atoms with Gasteiger partial charge >= 0.3 is 0 Å². The lowest BCUT2D eigenvalue weighted by molar-refractivity contribution is 0.223.